The Morgan fingerprint density at radius 3 is 2.25 bits per heavy atom. The zero-order chi connectivity index (χ0) is 21.6. The molecular weight excluding hydrogens is 377 g/mol. The lowest BCUT2D eigenvalue weighted by Crippen LogP contribution is -2.45. The van der Waals surface area contributed by atoms with Gasteiger partial charge < -0.3 is 14.8 Å². The largest absolute Gasteiger partial charge is 0.461 e. The van der Waals surface area contributed by atoms with Crippen LogP contribution in [0.15, 0.2) is 12.1 Å². The minimum atomic E-state index is -1.56. The molecule has 2 unspecified atom stereocenters. The Morgan fingerprint density at radius 2 is 1.75 bits per heavy atom. The molecule has 0 aliphatic carbocycles. The number of amides is 1. The van der Waals surface area contributed by atoms with E-state index in [2.05, 4.69) is 5.32 Å². The third kappa shape index (κ3) is 6.76. The van der Waals surface area contributed by atoms with Crippen molar-refractivity contribution < 1.29 is 32.2 Å². The quantitative estimate of drug-likeness (QED) is 0.577. The summed E-state index contributed by atoms with van der Waals surface area (Å²) in [6.45, 7) is 7.93. The summed E-state index contributed by atoms with van der Waals surface area (Å²) in [7, 11) is 0. The van der Waals surface area contributed by atoms with Gasteiger partial charge in [0.05, 0.1) is 18.1 Å². The fraction of sp³-hybridized carbons (Fsp3) is 0.526. The summed E-state index contributed by atoms with van der Waals surface area (Å²) < 4.78 is 51.7. The summed E-state index contributed by atoms with van der Waals surface area (Å²) >= 11 is 0. The number of halogens is 3. The number of benzene rings is 1. The standard InChI is InChI=1S/C19H23F3N2O4/c1-10(2)27-17(25)14(24-18(26)28-19(3,4)5)8-11(9-23)15-12(20)6-7-13(21)16(15)22/h6-7,10-11,14H,8H2,1-5H3,(H,24,26). The Bertz CT molecular complexity index is 770. The third-order valence-corrected chi connectivity index (χ3v) is 3.38. The number of esters is 1. The lowest BCUT2D eigenvalue weighted by Gasteiger charge is -2.24. The summed E-state index contributed by atoms with van der Waals surface area (Å²) in [6.07, 6.45) is -2.06. The Kier molecular flexibility index (Phi) is 7.85. The second kappa shape index (κ2) is 9.44. The van der Waals surface area contributed by atoms with Gasteiger partial charge in [-0.1, -0.05) is 0 Å². The maximum absolute atomic E-state index is 14.1. The monoisotopic (exact) mass is 400 g/mol. The molecule has 1 aromatic carbocycles. The molecule has 9 heteroatoms. The first-order valence-corrected chi connectivity index (χ1v) is 8.58. The van der Waals surface area contributed by atoms with Gasteiger partial charge in [0.25, 0.3) is 0 Å². The average Bonchev–Trinajstić information content (AvgIpc) is 2.54. The van der Waals surface area contributed by atoms with E-state index in [9.17, 15) is 28.0 Å². The number of hydrogen-bond donors (Lipinski definition) is 1. The molecule has 0 saturated heterocycles. The van der Waals surface area contributed by atoms with Crippen LogP contribution in [0.5, 0.6) is 0 Å². The van der Waals surface area contributed by atoms with Gasteiger partial charge in [-0.25, -0.2) is 22.8 Å². The topological polar surface area (TPSA) is 88.4 Å². The van der Waals surface area contributed by atoms with Crippen molar-refractivity contribution in [3.05, 3.63) is 35.1 Å². The number of carbonyl (C=O) groups is 2. The maximum atomic E-state index is 14.1. The van der Waals surface area contributed by atoms with Crippen LogP contribution in [0.4, 0.5) is 18.0 Å². The van der Waals surface area contributed by atoms with E-state index in [0.29, 0.717) is 12.1 Å². The van der Waals surface area contributed by atoms with Gasteiger partial charge in [-0.3, -0.25) is 0 Å². The van der Waals surface area contributed by atoms with Gasteiger partial charge in [0.15, 0.2) is 11.6 Å². The summed E-state index contributed by atoms with van der Waals surface area (Å²) in [5.41, 5.74) is -1.69. The van der Waals surface area contributed by atoms with Crippen molar-refractivity contribution in [2.75, 3.05) is 0 Å². The van der Waals surface area contributed by atoms with Crippen LogP contribution in [-0.2, 0) is 14.3 Å². The molecule has 0 saturated carbocycles. The fourth-order valence-electron chi connectivity index (χ4n) is 2.31. The zero-order valence-electron chi connectivity index (χ0n) is 16.3. The van der Waals surface area contributed by atoms with E-state index in [1.54, 1.807) is 40.7 Å². The van der Waals surface area contributed by atoms with Gasteiger partial charge in [0.1, 0.15) is 17.5 Å². The van der Waals surface area contributed by atoms with Crippen LogP contribution in [-0.4, -0.2) is 29.8 Å². The van der Waals surface area contributed by atoms with Crippen LogP contribution in [0.1, 0.15) is 52.5 Å². The van der Waals surface area contributed by atoms with Gasteiger partial charge in [0.2, 0.25) is 0 Å². The number of nitriles is 1. The van der Waals surface area contributed by atoms with Gasteiger partial charge in [-0.2, -0.15) is 5.26 Å². The number of alkyl carbamates (subject to hydrolysis) is 1. The van der Waals surface area contributed by atoms with E-state index in [0.717, 1.165) is 0 Å². The van der Waals surface area contributed by atoms with Crippen LogP contribution in [0.3, 0.4) is 0 Å². The normalized spacial score (nSPS) is 13.4. The molecule has 28 heavy (non-hydrogen) atoms. The molecular formula is C19H23F3N2O4. The van der Waals surface area contributed by atoms with Crippen molar-refractivity contribution in [3.63, 3.8) is 0 Å². The molecule has 0 aliphatic rings. The minimum Gasteiger partial charge on any atom is -0.461 e. The summed E-state index contributed by atoms with van der Waals surface area (Å²) in [5.74, 6) is -6.48. The number of hydrogen-bond acceptors (Lipinski definition) is 5. The predicted octanol–water partition coefficient (Wildman–Crippen LogP) is 3.95. The molecule has 1 N–H and O–H groups in total. The van der Waals surface area contributed by atoms with Crippen LogP contribution >= 0.6 is 0 Å². The predicted molar refractivity (Wildman–Crippen MR) is 93.7 cm³/mol. The van der Waals surface area contributed by atoms with Crippen molar-refractivity contribution in [2.45, 2.75) is 64.7 Å². The lowest BCUT2D eigenvalue weighted by atomic mass is 9.92. The molecule has 0 heterocycles. The molecule has 0 bridgehead atoms. The van der Waals surface area contributed by atoms with Crippen LogP contribution in [0, 0.1) is 28.8 Å². The van der Waals surface area contributed by atoms with Gasteiger partial charge >= 0.3 is 12.1 Å². The highest BCUT2D eigenvalue weighted by molar-refractivity contribution is 5.81. The first kappa shape index (κ1) is 23.3. The van der Waals surface area contributed by atoms with E-state index in [1.807, 2.05) is 0 Å². The number of nitrogens with one attached hydrogen (secondary N) is 1. The molecule has 6 nitrogen and oxygen atoms in total. The van der Waals surface area contributed by atoms with E-state index >= 15 is 0 Å². The van der Waals surface area contributed by atoms with Crippen LogP contribution < -0.4 is 5.32 Å². The highest BCUT2D eigenvalue weighted by Crippen LogP contribution is 2.28. The zero-order valence-corrected chi connectivity index (χ0v) is 16.3. The molecule has 0 radical (unpaired) electrons. The smallest absolute Gasteiger partial charge is 0.408 e. The summed E-state index contributed by atoms with van der Waals surface area (Å²) in [4.78, 5) is 24.3. The Morgan fingerprint density at radius 1 is 1.18 bits per heavy atom. The third-order valence-electron chi connectivity index (χ3n) is 3.38. The summed E-state index contributed by atoms with van der Waals surface area (Å²) in [6, 6.07) is 1.47. The second-order valence-corrected chi connectivity index (χ2v) is 7.36. The molecule has 0 aliphatic heterocycles. The first-order chi connectivity index (χ1) is 12.9. The van der Waals surface area contributed by atoms with Gasteiger partial charge in [0, 0.05) is 5.56 Å². The number of rotatable bonds is 6. The van der Waals surface area contributed by atoms with Crippen molar-refractivity contribution >= 4 is 12.1 Å². The average molecular weight is 400 g/mol. The molecule has 1 amide bonds. The Labute approximate surface area is 161 Å². The number of nitrogens with zero attached hydrogens (tertiary/aromatic N) is 1. The molecule has 1 rings (SSSR count). The second-order valence-electron chi connectivity index (χ2n) is 7.36. The summed E-state index contributed by atoms with van der Waals surface area (Å²) in [5, 5.41) is 11.6. The first-order valence-electron chi connectivity index (χ1n) is 8.58. The van der Waals surface area contributed by atoms with Gasteiger partial charge in [-0.05, 0) is 53.2 Å². The molecule has 154 valence electrons. The molecule has 1 aromatic rings. The fourth-order valence-corrected chi connectivity index (χ4v) is 2.31. The molecule has 0 fully saturated rings. The van der Waals surface area contributed by atoms with E-state index in [4.69, 9.17) is 9.47 Å². The SMILES string of the molecule is CC(C)OC(=O)C(CC(C#N)c1c(F)ccc(F)c1F)NC(=O)OC(C)(C)C. The van der Waals surface area contributed by atoms with E-state index < -0.39 is 65.2 Å². The van der Waals surface area contributed by atoms with Crippen molar-refractivity contribution in [1.29, 1.82) is 5.26 Å². The molecule has 2 atom stereocenters. The molecule has 0 spiro atoms. The van der Waals surface area contributed by atoms with Crippen molar-refractivity contribution in [3.8, 4) is 6.07 Å². The maximum Gasteiger partial charge on any atom is 0.408 e. The highest BCUT2D eigenvalue weighted by atomic mass is 19.2. The lowest BCUT2D eigenvalue weighted by molar-refractivity contribution is -0.150. The molecule has 0 aromatic heterocycles. The van der Waals surface area contributed by atoms with E-state index in [-0.39, 0.29) is 0 Å². The van der Waals surface area contributed by atoms with Crippen LogP contribution in [0.25, 0.3) is 0 Å². The Hall–Kier alpha value is -2.76. The van der Waals surface area contributed by atoms with Gasteiger partial charge in [-0.15, -0.1) is 0 Å². The minimum absolute atomic E-state index is 0.543. The highest BCUT2D eigenvalue weighted by Gasteiger charge is 2.32. The Balaban J connectivity index is 3.16. The van der Waals surface area contributed by atoms with Crippen molar-refractivity contribution in [2.24, 2.45) is 0 Å². The number of ether oxygens (including phenoxy) is 2. The van der Waals surface area contributed by atoms with Crippen molar-refractivity contribution in [1.82, 2.24) is 5.32 Å². The number of carbonyl (C=O) groups excluding carboxylic acids is 2. The van der Waals surface area contributed by atoms with E-state index in [1.165, 1.54) is 0 Å². The van der Waals surface area contributed by atoms with Crippen LogP contribution in [0.2, 0.25) is 0 Å².